The molecule has 2 N–H and O–H groups in total. The summed E-state index contributed by atoms with van der Waals surface area (Å²) < 4.78 is 1.93. The zero-order valence-corrected chi connectivity index (χ0v) is 22.2. The van der Waals surface area contributed by atoms with Gasteiger partial charge in [0.2, 0.25) is 11.0 Å². The summed E-state index contributed by atoms with van der Waals surface area (Å²) in [6.45, 7) is 6.73. The van der Waals surface area contributed by atoms with Crippen LogP contribution in [-0.2, 0) is 13.1 Å². The second kappa shape index (κ2) is 11.2. The van der Waals surface area contributed by atoms with E-state index in [1.54, 1.807) is 0 Å². The zero-order valence-electron chi connectivity index (χ0n) is 21.4. The molecule has 6 nitrogen and oxygen atoms in total. The number of piperidine rings is 1. The van der Waals surface area contributed by atoms with E-state index in [4.69, 9.17) is 12.2 Å². The first-order chi connectivity index (χ1) is 18.0. The monoisotopic (exact) mass is 511 g/mol. The molecule has 5 rings (SSSR count). The van der Waals surface area contributed by atoms with Crippen LogP contribution in [0.4, 0.5) is 11.4 Å². The Balaban J connectivity index is 1.29. The van der Waals surface area contributed by atoms with E-state index in [2.05, 4.69) is 63.8 Å². The number of anilines is 1. The maximum atomic E-state index is 11.2. The number of likely N-dealkylation sites (tertiary alicyclic amines) is 1. The number of nitrogens with zero attached hydrogens (tertiary/aromatic N) is 4. The lowest BCUT2D eigenvalue weighted by atomic mass is 9.90. The summed E-state index contributed by atoms with van der Waals surface area (Å²) in [7, 11) is 0. The molecule has 1 fully saturated rings. The van der Waals surface area contributed by atoms with E-state index >= 15 is 0 Å². The van der Waals surface area contributed by atoms with Gasteiger partial charge < -0.3 is 10.4 Å². The van der Waals surface area contributed by atoms with Crippen LogP contribution in [0, 0.1) is 19.8 Å². The quantitative estimate of drug-likeness (QED) is 0.210. The van der Waals surface area contributed by atoms with Gasteiger partial charge in [-0.05, 0) is 80.1 Å². The fraction of sp³-hybridized carbons (Fsp3) is 0.300. The van der Waals surface area contributed by atoms with Crippen molar-refractivity contribution in [2.24, 2.45) is 16.1 Å². The molecule has 1 aliphatic heterocycles. The van der Waals surface area contributed by atoms with Gasteiger partial charge in [0.25, 0.3) is 0 Å². The second-order valence-electron chi connectivity index (χ2n) is 9.89. The van der Waals surface area contributed by atoms with E-state index in [0.29, 0.717) is 18.3 Å². The molecule has 0 atom stereocenters. The van der Waals surface area contributed by atoms with Crippen molar-refractivity contribution in [3.63, 3.8) is 0 Å². The normalized spacial score (nSPS) is 15.0. The molecular formula is C30H33N5OS. The predicted octanol–water partition coefficient (Wildman–Crippen LogP) is 7.36. The van der Waals surface area contributed by atoms with Crippen molar-refractivity contribution in [1.82, 2.24) is 9.47 Å². The first-order valence-corrected chi connectivity index (χ1v) is 13.3. The third-order valence-corrected chi connectivity index (χ3v) is 7.60. The summed E-state index contributed by atoms with van der Waals surface area (Å²) in [5.74, 6) is 0.814. The summed E-state index contributed by atoms with van der Waals surface area (Å²) in [5.41, 5.74) is 6.00. The molecule has 7 heteroatoms. The molecule has 0 bridgehead atoms. The Kier molecular flexibility index (Phi) is 7.63. The maximum Gasteiger partial charge on any atom is 0.221 e. The van der Waals surface area contributed by atoms with Crippen LogP contribution in [0.15, 0.2) is 83.0 Å². The number of azo groups is 1. The molecule has 1 saturated heterocycles. The van der Waals surface area contributed by atoms with Crippen LogP contribution in [0.3, 0.4) is 0 Å². The highest BCUT2D eigenvalue weighted by molar-refractivity contribution is 7.80. The molecule has 0 aliphatic carbocycles. The molecule has 190 valence electrons. The van der Waals surface area contributed by atoms with Crippen LogP contribution in [0.1, 0.15) is 29.5 Å². The van der Waals surface area contributed by atoms with Crippen molar-refractivity contribution >= 4 is 39.6 Å². The molecule has 0 radical (unpaired) electrons. The number of fused-ring (bicyclic) bond motifs is 1. The minimum atomic E-state index is 0.117. The average Bonchev–Trinajstić information content (AvgIpc) is 3.17. The topological polar surface area (TPSA) is 65.2 Å². The van der Waals surface area contributed by atoms with Crippen molar-refractivity contribution < 1.29 is 5.11 Å². The SMILES string of the molecule is Cc1cccc(NC(=S)N=Nc2c(O)n(CN3CCC(Cc4ccccc4)CC3)c3ccccc23)c1C. The molecule has 1 aliphatic rings. The third-order valence-electron chi connectivity index (χ3n) is 7.42. The van der Waals surface area contributed by atoms with E-state index in [1.165, 1.54) is 11.1 Å². The summed E-state index contributed by atoms with van der Waals surface area (Å²) in [4.78, 5) is 2.40. The van der Waals surface area contributed by atoms with E-state index < -0.39 is 0 Å². The fourth-order valence-electron chi connectivity index (χ4n) is 5.11. The van der Waals surface area contributed by atoms with Crippen LogP contribution in [0.2, 0.25) is 0 Å². The van der Waals surface area contributed by atoms with E-state index in [-0.39, 0.29) is 11.0 Å². The van der Waals surface area contributed by atoms with E-state index in [9.17, 15) is 5.11 Å². The molecule has 0 amide bonds. The van der Waals surface area contributed by atoms with Gasteiger partial charge in [-0.3, -0.25) is 9.47 Å². The minimum absolute atomic E-state index is 0.117. The molecule has 4 aromatic rings. The van der Waals surface area contributed by atoms with Crippen LogP contribution in [0.5, 0.6) is 5.88 Å². The second-order valence-corrected chi connectivity index (χ2v) is 10.3. The smallest absolute Gasteiger partial charge is 0.221 e. The van der Waals surface area contributed by atoms with Crippen LogP contribution in [0.25, 0.3) is 10.9 Å². The number of nitrogens with one attached hydrogen (secondary N) is 1. The summed E-state index contributed by atoms with van der Waals surface area (Å²) in [6.07, 6.45) is 3.44. The number of rotatable bonds is 6. The number of hydrogen-bond acceptors (Lipinski definition) is 4. The number of aromatic nitrogens is 1. The summed E-state index contributed by atoms with van der Waals surface area (Å²) in [5, 5.41) is 24.1. The lowest BCUT2D eigenvalue weighted by Crippen LogP contribution is -2.35. The Labute approximate surface area is 223 Å². The summed E-state index contributed by atoms with van der Waals surface area (Å²) in [6, 6.07) is 24.7. The fourth-order valence-corrected chi connectivity index (χ4v) is 5.27. The van der Waals surface area contributed by atoms with E-state index in [1.807, 2.05) is 47.9 Å². The van der Waals surface area contributed by atoms with Crippen molar-refractivity contribution in [1.29, 1.82) is 0 Å². The number of hydrogen-bond donors (Lipinski definition) is 2. The molecule has 0 unspecified atom stereocenters. The van der Waals surface area contributed by atoms with Crippen molar-refractivity contribution in [2.75, 3.05) is 18.4 Å². The van der Waals surface area contributed by atoms with Gasteiger partial charge >= 0.3 is 0 Å². The standard InChI is InChI=1S/C30H33N5OS/c1-21-9-8-13-26(22(21)2)31-30(37)33-32-28-25-12-6-7-14-27(25)35(29(28)36)20-34-17-15-24(16-18-34)19-23-10-4-3-5-11-23/h3-14,24,36H,15-20H2,1-2H3,(H,31,37). The van der Waals surface area contributed by atoms with Crippen molar-refractivity contribution in [3.8, 4) is 5.88 Å². The highest BCUT2D eigenvalue weighted by atomic mass is 32.1. The molecule has 0 saturated carbocycles. The average molecular weight is 512 g/mol. The first kappa shape index (κ1) is 25.1. The molecule has 37 heavy (non-hydrogen) atoms. The molecule has 3 aromatic carbocycles. The van der Waals surface area contributed by atoms with Gasteiger partial charge in [0.15, 0.2) is 5.69 Å². The Bertz CT molecular complexity index is 1420. The number of aromatic hydroxyl groups is 1. The van der Waals surface area contributed by atoms with E-state index in [0.717, 1.165) is 54.5 Å². The number of benzene rings is 3. The number of aryl methyl sites for hydroxylation is 1. The Morgan fingerprint density at radius 2 is 1.70 bits per heavy atom. The Morgan fingerprint density at radius 1 is 0.973 bits per heavy atom. The Morgan fingerprint density at radius 3 is 2.49 bits per heavy atom. The number of para-hydroxylation sites is 1. The van der Waals surface area contributed by atoms with Crippen molar-refractivity contribution in [3.05, 3.63) is 89.5 Å². The predicted molar refractivity (Wildman–Crippen MR) is 155 cm³/mol. The van der Waals surface area contributed by atoms with Gasteiger partial charge in [0.1, 0.15) is 0 Å². The highest BCUT2D eigenvalue weighted by Crippen LogP contribution is 2.39. The largest absolute Gasteiger partial charge is 0.493 e. The van der Waals surface area contributed by atoms with Gasteiger partial charge in [0, 0.05) is 24.2 Å². The summed E-state index contributed by atoms with van der Waals surface area (Å²) >= 11 is 5.43. The lowest BCUT2D eigenvalue weighted by molar-refractivity contribution is 0.145. The maximum absolute atomic E-state index is 11.2. The third kappa shape index (κ3) is 5.73. The first-order valence-electron chi connectivity index (χ1n) is 12.8. The zero-order chi connectivity index (χ0) is 25.8. The molecule has 1 aromatic heterocycles. The number of thiocarbonyl (C=S) groups is 1. The molecule has 2 heterocycles. The van der Waals surface area contributed by atoms with Gasteiger partial charge in [0.05, 0.1) is 12.2 Å². The lowest BCUT2D eigenvalue weighted by Gasteiger charge is -2.32. The van der Waals surface area contributed by atoms with Crippen LogP contribution in [-0.4, -0.2) is 32.8 Å². The van der Waals surface area contributed by atoms with Crippen molar-refractivity contribution in [2.45, 2.75) is 39.8 Å². The minimum Gasteiger partial charge on any atom is -0.493 e. The Hall–Kier alpha value is -3.55. The van der Waals surface area contributed by atoms with Crippen LogP contribution < -0.4 is 5.32 Å². The van der Waals surface area contributed by atoms with Gasteiger partial charge in [-0.1, -0.05) is 60.7 Å². The van der Waals surface area contributed by atoms with Crippen LogP contribution >= 0.6 is 12.2 Å². The molecule has 0 spiro atoms. The van der Waals surface area contributed by atoms with Gasteiger partial charge in [-0.2, -0.15) is 0 Å². The van der Waals surface area contributed by atoms with Gasteiger partial charge in [-0.15, -0.1) is 10.2 Å². The molecular weight excluding hydrogens is 478 g/mol. The van der Waals surface area contributed by atoms with Gasteiger partial charge in [-0.25, -0.2) is 0 Å². The highest BCUT2D eigenvalue weighted by Gasteiger charge is 2.23.